The smallest absolute Gasteiger partial charge is 0.256 e. The Labute approximate surface area is 130 Å². The highest BCUT2D eigenvalue weighted by Gasteiger charge is 2.24. The van der Waals surface area contributed by atoms with Crippen LogP contribution in [0.3, 0.4) is 0 Å². The van der Waals surface area contributed by atoms with Gasteiger partial charge in [0.2, 0.25) is 0 Å². The molecule has 0 unspecified atom stereocenters. The maximum atomic E-state index is 12.0. The van der Waals surface area contributed by atoms with E-state index >= 15 is 0 Å². The monoisotopic (exact) mass is 321 g/mol. The first kappa shape index (κ1) is 13.8. The first-order valence-corrected chi connectivity index (χ1v) is 6.76. The number of hydrogen-bond acceptors (Lipinski definition) is 3. The van der Waals surface area contributed by atoms with Crippen LogP contribution in [0.15, 0.2) is 30.3 Å². The molecule has 106 valence electrons. The molecule has 0 spiro atoms. The molecule has 1 aliphatic heterocycles. The third-order valence-electron chi connectivity index (χ3n) is 3.14. The van der Waals surface area contributed by atoms with E-state index in [-0.39, 0.29) is 22.4 Å². The van der Waals surface area contributed by atoms with Gasteiger partial charge in [0, 0.05) is 16.2 Å². The zero-order valence-electron chi connectivity index (χ0n) is 10.5. The van der Waals surface area contributed by atoms with Crippen molar-refractivity contribution in [2.75, 3.05) is 5.32 Å². The number of rotatable bonds is 1. The lowest BCUT2D eigenvalue weighted by atomic mass is 10.0. The number of benzene rings is 2. The van der Waals surface area contributed by atoms with E-state index in [0.717, 1.165) is 0 Å². The summed E-state index contributed by atoms with van der Waals surface area (Å²) in [6, 6.07) is 7.89. The number of aromatic hydroxyl groups is 2. The Hall–Kier alpha value is -2.17. The maximum absolute atomic E-state index is 12.0. The summed E-state index contributed by atoms with van der Waals surface area (Å²) < 4.78 is 0. The summed E-state index contributed by atoms with van der Waals surface area (Å²) in [4.78, 5) is 12.0. The molecule has 1 aliphatic rings. The Balaban J connectivity index is 2.11. The van der Waals surface area contributed by atoms with Crippen molar-refractivity contribution in [3.63, 3.8) is 0 Å². The van der Waals surface area contributed by atoms with Crippen molar-refractivity contribution in [3.8, 4) is 11.5 Å². The second-order valence-electron chi connectivity index (χ2n) is 4.57. The second kappa shape index (κ2) is 4.98. The minimum Gasteiger partial charge on any atom is -0.504 e. The van der Waals surface area contributed by atoms with Crippen molar-refractivity contribution in [1.29, 1.82) is 0 Å². The summed E-state index contributed by atoms with van der Waals surface area (Å²) in [7, 11) is 0. The van der Waals surface area contributed by atoms with Gasteiger partial charge in [-0.15, -0.1) is 0 Å². The molecule has 1 heterocycles. The molecule has 0 aliphatic carbocycles. The van der Waals surface area contributed by atoms with Gasteiger partial charge in [0.05, 0.1) is 10.7 Å². The van der Waals surface area contributed by atoms with Crippen molar-refractivity contribution in [3.05, 3.63) is 51.5 Å². The molecule has 6 heteroatoms. The van der Waals surface area contributed by atoms with Crippen molar-refractivity contribution < 1.29 is 15.0 Å². The van der Waals surface area contributed by atoms with Gasteiger partial charge in [0.25, 0.3) is 5.91 Å². The Bertz CT molecular complexity index is 776. The number of carbonyl (C=O) groups excluding carboxylic acids is 1. The second-order valence-corrected chi connectivity index (χ2v) is 5.42. The fourth-order valence-corrected chi connectivity index (χ4v) is 2.56. The molecule has 0 aromatic heterocycles. The first-order valence-electron chi connectivity index (χ1n) is 6.00. The van der Waals surface area contributed by atoms with Gasteiger partial charge in [-0.25, -0.2) is 0 Å². The van der Waals surface area contributed by atoms with Crippen molar-refractivity contribution >= 4 is 46.4 Å². The van der Waals surface area contributed by atoms with Crippen LogP contribution in [0.5, 0.6) is 11.5 Å². The van der Waals surface area contributed by atoms with Crippen LogP contribution in [0.2, 0.25) is 10.0 Å². The molecule has 0 atom stereocenters. The molecule has 0 bridgehead atoms. The third kappa shape index (κ3) is 2.44. The summed E-state index contributed by atoms with van der Waals surface area (Å²) in [6.07, 6.45) is 1.58. The van der Waals surface area contributed by atoms with Gasteiger partial charge in [-0.1, -0.05) is 29.3 Å². The minimum atomic E-state index is -0.387. The van der Waals surface area contributed by atoms with E-state index in [0.29, 0.717) is 27.4 Å². The summed E-state index contributed by atoms with van der Waals surface area (Å²) in [5.74, 6) is -0.998. The Kier molecular flexibility index (Phi) is 3.27. The largest absolute Gasteiger partial charge is 0.504 e. The number of carbonyl (C=O) groups is 1. The van der Waals surface area contributed by atoms with E-state index in [1.54, 1.807) is 24.3 Å². The molecule has 0 radical (unpaired) electrons. The predicted octanol–water partition coefficient (Wildman–Crippen LogP) is 3.90. The van der Waals surface area contributed by atoms with Gasteiger partial charge in [0.15, 0.2) is 11.5 Å². The van der Waals surface area contributed by atoms with Crippen LogP contribution in [-0.2, 0) is 4.79 Å². The van der Waals surface area contributed by atoms with Crippen LogP contribution >= 0.6 is 23.2 Å². The molecule has 21 heavy (non-hydrogen) atoms. The van der Waals surface area contributed by atoms with E-state index in [9.17, 15) is 15.0 Å². The Morgan fingerprint density at radius 1 is 1.10 bits per heavy atom. The normalized spacial score (nSPS) is 15.1. The lowest BCUT2D eigenvalue weighted by molar-refractivity contribution is -0.110. The van der Waals surface area contributed by atoms with Gasteiger partial charge < -0.3 is 15.5 Å². The number of fused-ring (bicyclic) bond motifs is 1. The van der Waals surface area contributed by atoms with Crippen LogP contribution in [0, 0.1) is 0 Å². The highest BCUT2D eigenvalue weighted by atomic mass is 35.5. The van der Waals surface area contributed by atoms with Crippen LogP contribution in [0.25, 0.3) is 11.6 Å². The molecule has 3 rings (SSSR count). The minimum absolute atomic E-state index is 0.0107. The SMILES string of the molecule is O=C1Nc2cc(Cl)ccc2/C1=C\c1cc(O)c(O)c(Cl)c1. The number of amides is 1. The van der Waals surface area contributed by atoms with E-state index in [4.69, 9.17) is 23.2 Å². The highest BCUT2D eigenvalue weighted by molar-refractivity contribution is 6.37. The van der Waals surface area contributed by atoms with Gasteiger partial charge in [0.1, 0.15) is 0 Å². The Morgan fingerprint density at radius 3 is 2.57 bits per heavy atom. The summed E-state index contributed by atoms with van der Waals surface area (Å²) in [5.41, 5.74) is 2.28. The van der Waals surface area contributed by atoms with Crippen LogP contribution in [0.1, 0.15) is 11.1 Å². The number of hydrogen-bond donors (Lipinski definition) is 3. The summed E-state index contributed by atoms with van der Waals surface area (Å²) in [5, 5.41) is 22.3. The number of nitrogens with one attached hydrogen (secondary N) is 1. The predicted molar refractivity (Wildman–Crippen MR) is 82.7 cm³/mol. The molecule has 1 amide bonds. The molecular formula is C15H9Cl2NO3. The topological polar surface area (TPSA) is 69.6 Å². The highest BCUT2D eigenvalue weighted by Crippen LogP contribution is 2.38. The first-order chi connectivity index (χ1) is 9.95. The van der Waals surface area contributed by atoms with Gasteiger partial charge in [-0.05, 0) is 35.9 Å². The van der Waals surface area contributed by atoms with Gasteiger partial charge >= 0.3 is 0 Å². The molecule has 0 fully saturated rings. The van der Waals surface area contributed by atoms with Gasteiger partial charge in [-0.2, -0.15) is 0 Å². The average Bonchev–Trinajstić information content (AvgIpc) is 2.71. The van der Waals surface area contributed by atoms with Crippen molar-refractivity contribution in [2.24, 2.45) is 0 Å². The number of phenols is 2. The van der Waals surface area contributed by atoms with Crippen LogP contribution in [-0.4, -0.2) is 16.1 Å². The zero-order valence-corrected chi connectivity index (χ0v) is 12.0. The molecule has 4 nitrogen and oxygen atoms in total. The number of halogens is 2. The third-order valence-corrected chi connectivity index (χ3v) is 3.66. The molecular weight excluding hydrogens is 313 g/mol. The van der Waals surface area contributed by atoms with Crippen molar-refractivity contribution in [1.82, 2.24) is 0 Å². The molecule has 3 N–H and O–H groups in total. The summed E-state index contributed by atoms with van der Waals surface area (Å²) in [6.45, 7) is 0. The maximum Gasteiger partial charge on any atom is 0.256 e. The quantitative estimate of drug-likeness (QED) is 0.551. The lowest BCUT2D eigenvalue weighted by Gasteiger charge is -2.03. The zero-order chi connectivity index (χ0) is 15.1. The average molecular weight is 322 g/mol. The fourth-order valence-electron chi connectivity index (χ4n) is 2.16. The van der Waals surface area contributed by atoms with Crippen molar-refractivity contribution in [2.45, 2.75) is 0 Å². The van der Waals surface area contributed by atoms with E-state index in [1.807, 2.05) is 0 Å². The molecule has 2 aromatic carbocycles. The summed E-state index contributed by atoms with van der Waals surface area (Å²) >= 11 is 11.7. The number of anilines is 1. The molecule has 2 aromatic rings. The van der Waals surface area contributed by atoms with Crippen LogP contribution < -0.4 is 5.32 Å². The van der Waals surface area contributed by atoms with Gasteiger partial charge in [-0.3, -0.25) is 4.79 Å². The molecule has 0 saturated carbocycles. The fraction of sp³-hybridized carbons (Fsp3) is 0. The standard InChI is InChI=1S/C15H9Cl2NO3/c16-8-1-2-9-10(15(21)18-12(9)6-8)3-7-4-11(17)14(20)13(19)5-7/h1-6,19-20H,(H,18,21)/b10-3+. The molecule has 0 saturated heterocycles. The van der Waals surface area contributed by atoms with Crippen LogP contribution in [0.4, 0.5) is 5.69 Å². The lowest BCUT2D eigenvalue weighted by Crippen LogP contribution is -2.03. The van der Waals surface area contributed by atoms with E-state index < -0.39 is 0 Å². The van der Waals surface area contributed by atoms with E-state index in [1.165, 1.54) is 12.1 Å². The number of phenolic OH excluding ortho intramolecular Hbond substituents is 2. The van der Waals surface area contributed by atoms with E-state index in [2.05, 4.69) is 5.32 Å². The Morgan fingerprint density at radius 2 is 1.86 bits per heavy atom.